The summed E-state index contributed by atoms with van der Waals surface area (Å²) in [7, 11) is -11.3. The lowest BCUT2D eigenvalue weighted by Crippen LogP contribution is -2.70. The Kier molecular flexibility index (Phi) is 10.5. The highest BCUT2D eigenvalue weighted by Crippen LogP contribution is 2.53. The number of aryl methyl sites for hydroxylation is 1. The Hall–Kier alpha value is -2.92. The van der Waals surface area contributed by atoms with E-state index in [0.29, 0.717) is 16.7 Å². The Morgan fingerprint density at radius 1 is 0.800 bits per heavy atom. The van der Waals surface area contributed by atoms with Crippen LogP contribution in [0, 0.1) is 6.92 Å². The van der Waals surface area contributed by atoms with Gasteiger partial charge in [-0.2, -0.15) is 0 Å². The van der Waals surface area contributed by atoms with Gasteiger partial charge in [0.1, 0.15) is 24.4 Å². The zero-order valence-electron chi connectivity index (χ0n) is 34.9. The minimum atomic E-state index is -4.49. The number of benzene rings is 3. The van der Waals surface area contributed by atoms with E-state index in [2.05, 4.69) is 79.2 Å². The van der Waals surface area contributed by atoms with Gasteiger partial charge < -0.3 is 18.6 Å². The third-order valence-electron chi connectivity index (χ3n) is 11.8. The molecule has 13 heteroatoms. The molecule has 1 saturated heterocycles. The van der Waals surface area contributed by atoms with Crippen LogP contribution < -0.4 is 10.4 Å². The fraction of sp³-hybridized carbons (Fsp3) is 0.524. The number of nitrogens with zero attached hydrogens (tertiary/aromatic N) is 1. The van der Waals surface area contributed by atoms with E-state index in [1.807, 2.05) is 19.1 Å². The number of esters is 1. The van der Waals surface area contributed by atoms with Crippen molar-refractivity contribution in [1.29, 1.82) is 0 Å². The van der Waals surface area contributed by atoms with Gasteiger partial charge in [0.15, 0.2) is 14.1 Å². The summed E-state index contributed by atoms with van der Waals surface area (Å²) < 4.78 is 58.7. The Morgan fingerprint density at radius 3 is 1.89 bits per heavy atom. The molecular formula is C42H59NO8SSi3. The largest absolute Gasteiger partial charge is 0.455 e. The molecular weight excluding hydrogens is 763 g/mol. The summed E-state index contributed by atoms with van der Waals surface area (Å²) in [6.45, 7) is 29.8. The molecule has 0 unspecified atom stereocenters. The molecule has 6 atom stereocenters. The van der Waals surface area contributed by atoms with Crippen LogP contribution >= 0.6 is 0 Å². The van der Waals surface area contributed by atoms with Gasteiger partial charge in [0.2, 0.25) is 0 Å². The maximum atomic E-state index is 15.3. The fourth-order valence-electron chi connectivity index (χ4n) is 7.99. The molecule has 0 radical (unpaired) electrons. The molecule has 2 heterocycles. The van der Waals surface area contributed by atoms with Crippen molar-refractivity contribution in [3.8, 4) is 0 Å². The summed E-state index contributed by atoms with van der Waals surface area (Å²) in [5.41, 5.74) is 2.20. The highest BCUT2D eigenvalue weighted by molar-refractivity contribution is 7.89. The summed E-state index contributed by atoms with van der Waals surface area (Å²) in [6, 6.07) is 18.3. The molecule has 3 aromatic rings. The second-order valence-corrected chi connectivity index (χ2v) is 36.2. The van der Waals surface area contributed by atoms with Crippen molar-refractivity contribution in [2.75, 3.05) is 0 Å². The van der Waals surface area contributed by atoms with Crippen LogP contribution in [0.4, 0.5) is 0 Å². The van der Waals surface area contributed by atoms with Crippen molar-refractivity contribution >= 4 is 56.7 Å². The second kappa shape index (κ2) is 13.9. The van der Waals surface area contributed by atoms with E-state index in [4.69, 9.17) is 18.6 Å². The summed E-state index contributed by atoms with van der Waals surface area (Å²) in [5, 5.41) is 2.11. The zero-order chi connectivity index (χ0) is 40.8. The van der Waals surface area contributed by atoms with Crippen molar-refractivity contribution < 1.29 is 36.6 Å². The number of hydrogen-bond acceptors (Lipinski definition) is 8. The number of rotatable bonds is 8. The molecule has 0 bridgehead atoms. The molecule has 9 nitrogen and oxygen atoms in total. The van der Waals surface area contributed by atoms with Crippen LogP contribution in [0.15, 0.2) is 71.6 Å². The quantitative estimate of drug-likeness (QED) is 0.170. The maximum Gasteiger partial charge on any atom is 0.338 e. The lowest BCUT2D eigenvalue weighted by atomic mass is 9.70. The zero-order valence-corrected chi connectivity index (χ0v) is 38.8. The number of fused-ring (bicyclic) bond motifs is 5. The first-order valence-corrected chi connectivity index (χ1v) is 30.6. The summed E-state index contributed by atoms with van der Waals surface area (Å²) >= 11 is 0. The molecule has 3 aliphatic rings. The maximum absolute atomic E-state index is 15.3. The van der Waals surface area contributed by atoms with E-state index in [1.165, 1.54) is 17.3 Å². The minimum Gasteiger partial charge on any atom is -0.455 e. The predicted octanol–water partition coefficient (Wildman–Crippen LogP) is 7.53. The monoisotopic (exact) mass is 821 g/mol. The van der Waals surface area contributed by atoms with Crippen LogP contribution in [0.3, 0.4) is 0 Å². The van der Waals surface area contributed by atoms with E-state index in [1.54, 1.807) is 50.2 Å². The van der Waals surface area contributed by atoms with Gasteiger partial charge in [0.25, 0.3) is 15.9 Å². The van der Waals surface area contributed by atoms with Gasteiger partial charge in [-0.05, 0) is 74.8 Å². The van der Waals surface area contributed by atoms with Crippen LogP contribution in [-0.2, 0) is 28.7 Å². The molecule has 298 valence electrons. The molecule has 0 aromatic heterocycles. The highest BCUT2D eigenvalue weighted by atomic mass is 32.2. The topological polar surface area (TPSA) is 108 Å². The first-order chi connectivity index (χ1) is 25.2. The van der Waals surface area contributed by atoms with Gasteiger partial charge in [-0.25, -0.2) is 17.5 Å². The second-order valence-electron chi connectivity index (χ2n) is 19.6. The third kappa shape index (κ3) is 7.62. The molecule has 2 fully saturated rings. The molecule has 6 rings (SSSR count). The van der Waals surface area contributed by atoms with Gasteiger partial charge >= 0.3 is 5.97 Å². The van der Waals surface area contributed by atoms with Crippen LogP contribution in [0.25, 0.3) is 0 Å². The van der Waals surface area contributed by atoms with Crippen LogP contribution in [0.1, 0.15) is 72.4 Å². The predicted molar refractivity (Wildman–Crippen MR) is 225 cm³/mol. The SMILES string of the molecule is Cc1ccc(S(=O)(=O)N2C(=O)c3cc([Si](C)(C)C)c([Si](C)(C)C)cc3[C@H]3[C@@H](OC(=O)c4ccccc4)[C@H](O[Si](C)(C)C(C)(C)C)[C@H]4OC(C)(C)O[C@H]4[C@@H]32)cc1. The highest BCUT2D eigenvalue weighted by Gasteiger charge is 2.67. The number of ether oxygens (including phenoxy) is 3. The Morgan fingerprint density at radius 2 is 1.35 bits per heavy atom. The average molecular weight is 822 g/mol. The number of hydrogen-bond donors (Lipinski definition) is 0. The van der Waals surface area contributed by atoms with E-state index >= 15 is 13.2 Å². The van der Waals surface area contributed by atoms with Crippen molar-refractivity contribution in [3.05, 3.63) is 89.0 Å². The number of amides is 1. The minimum absolute atomic E-state index is 0.00927. The first kappa shape index (κ1) is 41.7. The summed E-state index contributed by atoms with van der Waals surface area (Å²) in [6.07, 6.45) is -3.72. The van der Waals surface area contributed by atoms with Crippen LogP contribution in [0.5, 0.6) is 0 Å². The smallest absolute Gasteiger partial charge is 0.338 e. The van der Waals surface area contributed by atoms with Gasteiger partial charge in [-0.1, -0.05) is 112 Å². The molecule has 1 aliphatic carbocycles. The van der Waals surface area contributed by atoms with Crippen LogP contribution in [-0.4, -0.2) is 85.3 Å². The summed E-state index contributed by atoms with van der Waals surface area (Å²) in [5.74, 6) is -3.20. The van der Waals surface area contributed by atoms with Crippen molar-refractivity contribution in [3.63, 3.8) is 0 Å². The van der Waals surface area contributed by atoms with Crippen molar-refractivity contribution in [2.24, 2.45) is 0 Å². The lowest BCUT2D eigenvalue weighted by Gasteiger charge is -2.54. The van der Waals surface area contributed by atoms with Gasteiger partial charge in [0.05, 0.1) is 32.6 Å². The van der Waals surface area contributed by atoms with Gasteiger partial charge in [-0.3, -0.25) is 4.79 Å². The first-order valence-electron chi connectivity index (χ1n) is 19.3. The molecule has 0 N–H and O–H groups in total. The molecule has 2 aliphatic heterocycles. The average Bonchev–Trinajstić information content (AvgIpc) is 3.39. The van der Waals surface area contributed by atoms with Crippen molar-refractivity contribution in [1.82, 2.24) is 4.31 Å². The number of carbonyl (C=O) groups excluding carboxylic acids is 2. The van der Waals surface area contributed by atoms with E-state index in [9.17, 15) is 4.79 Å². The Bertz CT molecular complexity index is 2080. The molecule has 1 amide bonds. The van der Waals surface area contributed by atoms with Gasteiger partial charge in [0, 0.05) is 11.5 Å². The number of carbonyl (C=O) groups is 2. The standard InChI is InChI=1S/C42H59NO8SSi3/c1-26-20-22-28(23-21-26)52(46,47)43-34-33(29-24-31(53(7,8)9)32(54(10,11)12)25-30(29)39(43)44)35(48-40(45)27-18-16-15-17-19-27)38(51-55(13,14)41(2,3)4)37-36(34)49-42(5,6)50-37/h15-25,33-38H,1-14H3/t33-,34-,35-,36+,37+,38+/m1/s1. The fourth-order valence-corrected chi connectivity index (χ4v) is 16.1. The van der Waals surface area contributed by atoms with Gasteiger partial charge in [-0.15, -0.1) is 0 Å². The molecule has 1 saturated carbocycles. The van der Waals surface area contributed by atoms with E-state index in [0.717, 1.165) is 15.1 Å². The Labute approximate surface area is 331 Å². The third-order valence-corrected chi connectivity index (χ3v) is 22.4. The Balaban J connectivity index is 1.71. The normalized spacial score (nSPS) is 25.6. The lowest BCUT2D eigenvalue weighted by molar-refractivity contribution is -0.158. The van der Waals surface area contributed by atoms with E-state index < -0.39 is 88.5 Å². The molecule has 3 aromatic carbocycles. The van der Waals surface area contributed by atoms with Crippen molar-refractivity contribution in [2.45, 2.75) is 146 Å². The molecule has 55 heavy (non-hydrogen) atoms. The van der Waals surface area contributed by atoms with E-state index in [-0.39, 0.29) is 9.93 Å². The molecule has 0 spiro atoms. The number of sulfonamides is 1. The van der Waals surface area contributed by atoms with Crippen LogP contribution in [0.2, 0.25) is 57.4 Å². The summed E-state index contributed by atoms with van der Waals surface area (Å²) in [4.78, 5) is 29.6.